The van der Waals surface area contributed by atoms with Crippen molar-refractivity contribution in [3.05, 3.63) is 30.1 Å². The molecule has 1 fully saturated rings. The maximum atomic E-state index is 4.01. The molecule has 76 valence electrons. The van der Waals surface area contributed by atoms with E-state index in [1.54, 1.807) is 0 Å². The summed E-state index contributed by atoms with van der Waals surface area (Å²) in [6, 6.07) is 4.19. The van der Waals surface area contributed by atoms with E-state index in [4.69, 9.17) is 0 Å². The number of rotatable bonds is 4. The van der Waals surface area contributed by atoms with Gasteiger partial charge in [0.05, 0.1) is 0 Å². The minimum atomic E-state index is 0.891. The molecule has 1 aromatic heterocycles. The molecule has 2 nitrogen and oxygen atoms in total. The number of nitrogens with zero attached hydrogens (tertiary/aromatic N) is 1. The second kappa shape index (κ2) is 5.37. The maximum absolute atomic E-state index is 4.01. The molecule has 0 bridgehead atoms. The molecule has 0 radical (unpaired) electrons. The van der Waals surface area contributed by atoms with Crippen molar-refractivity contribution in [2.75, 3.05) is 18.8 Å². The standard InChI is InChI=1S/C11H16N2S/c1-4-12-5-2-10(1)8-14-9-11-3-6-13-7-11/h1-2,4-5,11,13H,3,6-9H2/t11-/m1/s1. The van der Waals surface area contributed by atoms with E-state index in [9.17, 15) is 0 Å². The van der Waals surface area contributed by atoms with Crippen LogP contribution in [0.1, 0.15) is 12.0 Å². The van der Waals surface area contributed by atoms with Crippen LogP contribution >= 0.6 is 11.8 Å². The molecule has 1 saturated heterocycles. The summed E-state index contributed by atoms with van der Waals surface area (Å²) in [4.78, 5) is 4.01. The average Bonchev–Trinajstić information content (AvgIpc) is 2.72. The SMILES string of the molecule is c1cc(CSC[C@@H]2CCNC2)ccn1. The summed E-state index contributed by atoms with van der Waals surface area (Å²) in [5, 5.41) is 3.40. The van der Waals surface area contributed by atoms with Gasteiger partial charge in [-0.3, -0.25) is 4.98 Å². The molecule has 0 spiro atoms. The van der Waals surface area contributed by atoms with E-state index in [0.717, 1.165) is 11.7 Å². The Hall–Kier alpha value is -0.540. The van der Waals surface area contributed by atoms with E-state index < -0.39 is 0 Å². The Morgan fingerprint density at radius 1 is 1.43 bits per heavy atom. The summed E-state index contributed by atoms with van der Waals surface area (Å²) >= 11 is 2.04. The first-order valence-corrected chi connectivity index (χ1v) is 6.28. The number of pyridine rings is 1. The predicted molar refractivity (Wildman–Crippen MR) is 61.4 cm³/mol. The molecule has 0 aromatic carbocycles. The summed E-state index contributed by atoms with van der Waals surface area (Å²) in [6.45, 7) is 2.42. The van der Waals surface area contributed by atoms with Gasteiger partial charge < -0.3 is 5.32 Å². The zero-order valence-corrected chi connectivity index (χ0v) is 9.09. The number of nitrogens with one attached hydrogen (secondary N) is 1. The van der Waals surface area contributed by atoms with Crippen molar-refractivity contribution in [3.63, 3.8) is 0 Å². The molecule has 1 aliphatic rings. The molecule has 2 rings (SSSR count). The van der Waals surface area contributed by atoms with E-state index in [2.05, 4.69) is 22.4 Å². The van der Waals surface area contributed by atoms with Crippen molar-refractivity contribution in [1.29, 1.82) is 0 Å². The van der Waals surface area contributed by atoms with Crippen LogP contribution in [0.5, 0.6) is 0 Å². The first-order chi connectivity index (χ1) is 6.95. The van der Waals surface area contributed by atoms with Gasteiger partial charge in [-0.1, -0.05) is 0 Å². The fourth-order valence-corrected chi connectivity index (χ4v) is 2.84. The van der Waals surface area contributed by atoms with Crippen LogP contribution < -0.4 is 5.32 Å². The van der Waals surface area contributed by atoms with Gasteiger partial charge in [0.1, 0.15) is 0 Å². The Morgan fingerprint density at radius 3 is 3.00 bits per heavy atom. The van der Waals surface area contributed by atoms with Crippen molar-refractivity contribution >= 4 is 11.8 Å². The Kier molecular flexibility index (Phi) is 3.83. The van der Waals surface area contributed by atoms with Crippen LogP contribution in [-0.2, 0) is 5.75 Å². The van der Waals surface area contributed by atoms with Crippen molar-refractivity contribution in [2.24, 2.45) is 5.92 Å². The summed E-state index contributed by atoms with van der Waals surface area (Å²) in [6.07, 6.45) is 5.09. The van der Waals surface area contributed by atoms with Gasteiger partial charge in [0.25, 0.3) is 0 Å². The lowest BCUT2D eigenvalue weighted by Gasteiger charge is -2.07. The normalized spacial score (nSPS) is 21.3. The first kappa shape index (κ1) is 9.99. The first-order valence-electron chi connectivity index (χ1n) is 5.12. The number of hydrogen-bond donors (Lipinski definition) is 1. The Bertz CT molecular complexity index is 257. The van der Waals surface area contributed by atoms with Gasteiger partial charge in [0.15, 0.2) is 0 Å². The lowest BCUT2D eigenvalue weighted by atomic mass is 10.2. The molecule has 1 aliphatic heterocycles. The lowest BCUT2D eigenvalue weighted by Crippen LogP contribution is -2.10. The molecular weight excluding hydrogens is 192 g/mol. The van der Waals surface area contributed by atoms with Crippen LogP contribution in [0, 0.1) is 5.92 Å². The minimum Gasteiger partial charge on any atom is -0.316 e. The molecule has 1 aromatic rings. The number of hydrogen-bond acceptors (Lipinski definition) is 3. The average molecular weight is 208 g/mol. The summed E-state index contributed by atoms with van der Waals surface area (Å²) in [5.41, 5.74) is 1.39. The fourth-order valence-electron chi connectivity index (χ4n) is 1.68. The molecule has 1 N–H and O–H groups in total. The third kappa shape index (κ3) is 3.00. The van der Waals surface area contributed by atoms with Gasteiger partial charge in [-0.05, 0) is 48.9 Å². The van der Waals surface area contributed by atoms with Crippen molar-refractivity contribution < 1.29 is 0 Å². The summed E-state index contributed by atoms with van der Waals surface area (Å²) < 4.78 is 0. The van der Waals surface area contributed by atoms with Crippen molar-refractivity contribution in [1.82, 2.24) is 10.3 Å². The molecule has 1 atom stereocenters. The van der Waals surface area contributed by atoms with Crippen LogP contribution in [0.3, 0.4) is 0 Å². The van der Waals surface area contributed by atoms with Crippen molar-refractivity contribution in [2.45, 2.75) is 12.2 Å². The van der Waals surface area contributed by atoms with Gasteiger partial charge in [-0.15, -0.1) is 0 Å². The lowest BCUT2D eigenvalue weighted by molar-refractivity contribution is 0.662. The quantitative estimate of drug-likeness (QED) is 0.818. The van der Waals surface area contributed by atoms with Gasteiger partial charge in [0.2, 0.25) is 0 Å². The summed E-state index contributed by atoms with van der Waals surface area (Å²) in [5.74, 6) is 3.30. The van der Waals surface area contributed by atoms with Crippen LogP contribution in [-0.4, -0.2) is 23.8 Å². The highest BCUT2D eigenvalue weighted by Gasteiger charge is 2.13. The Labute approximate surface area is 89.5 Å². The van der Waals surface area contributed by atoms with E-state index in [-0.39, 0.29) is 0 Å². The van der Waals surface area contributed by atoms with E-state index in [1.807, 2.05) is 24.2 Å². The van der Waals surface area contributed by atoms with E-state index >= 15 is 0 Å². The highest BCUT2D eigenvalue weighted by molar-refractivity contribution is 7.98. The number of thioether (sulfide) groups is 1. The topological polar surface area (TPSA) is 24.9 Å². The highest BCUT2D eigenvalue weighted by Crippen LogP contribution is 2.18. The Morgan fingerprint density at radius 2 is 2.29 bits per heavy atom. The fraction of sp³-hybridized carbons (Fsp3) is 0.545. The van der Waals surface area contributed by atoms with Gasteiger partial charge in [0, 0.05) is 18.1 Å². The Balaban J connectivity index is 1.67. The molecule has 0 amide bonds. The zero-order chi connectivity index (χ0) is 9.64. The maximum Gasteiger partial charge on any atom is 0.0270 e. The second-order valence-electron chi connectivity index (χ2n) is 3.73. The molecule has 3 heteroatoms. The largest absolute Gasteiger partial charge is 0.316 e. The monoisotopic (exact) mass is 208 g/mol. The van der Waals surface area contributed by atoms with E-state index in [0.29, 0.717) is 0 Å². The van der Waals surface area contributed by atoms with Crippen molar-refractivity contribution in [3.8, 4) is 0 Å². The van der Waals surface area contributed by atoms with Crippen LogP contribution in [0.15, 0.2) is 24.5 Å². The zero-order valence-electron chi connectivity index (χ0n) is 8.28. The third-order valence-electron chi connectivity index (χ3n) is 2.53. The predicted octanol–water partition coefficient (Wildman–Crippen LogP) is 1.92. The highest BCUT2D eigenvalue weighted by atomic mass is 32.2. The van der Waals surface area contributed by atoms with Gasteiger partial charge in [-0.2, -0.15) is 11.8 Å². The third-order valence-corrected chi connectivity index (χ3v) is 3.78. The number of aromatic nitrogens is 1. The molecule has 0 aliphatic carbocycles. The van der Waals surface area contributed by atoms with E-state index in [1.165, 1.54) is 30.8 Å². The molecule has 14 heavy (non-hydrogen) atoms. The molecular formula is C11H16N2S. The molecule has 2 heterocycles. The molecule has 0 unspecified atom stereocenters. The molecule has 0 saturated carbocycles. The van der Waals surface area contributed by atoms with Gasteiger partial charge in [-0.25, -0.2) is 0 Å². The smallest absolute Gasteiger partial charge is 0.0270 e. The van der Waals surface area contributed by atoms with Crippen LogP contribution in [0.25, 0.3) is 0 Å². The van der Waals surface area contributed by atoms with Crippen LogP contribution in [0.4, 0.5) is 0 Å². The van der Waals surface area contributed by atoms with Gasteiger partial charge >= 0.3 is 0 Å². The second-order valence-corrected chi connectivity index (χ2v) is 4.76. The van der Waals surface area contributed by atoms with Crippen LogP contribution in [0.2, 0.25) is 0 Å². The summed E-state index contributed by atoms with van der Waals surface area (Å²) in [7, 11) is 0. The minimum absolute atomic E-state index is 0.891.